The molecule has 4 rings (SSSR count). The third-order valence-corrected chi connectivity index (χ3v) is 10.2. The number of fused-ring (bicyclic) bond motifs is 2. The first kappa shape index (κ1) is 25.4. The van der Waals surface area contributed by atoms with Gasteiger partial charge in [-0.25, -0.2) is 11.1 Å². The Morgan fingerprint density at radius 1 is 0.633 bits per heavy atom. The molecule has 2 atom stereocenters. The minimum absolute atomic E-state index is 0.596. The summed E-state index contributed by atoms with van der Waals surface area (Å²) in [6.45, 7) is 18.9. The summed E-state index contributed by atoms with van der Waals surface area (Å²) in [6.07, 6.45) is 7.28. The first-order chi connectivity index (χ1) is 14.0. The maximum atomic E-state index is 3.64. The van der Waals surface area contributed by atoms with E-state index in [0.29, 0.717) is 11.1 Å². The van der Waals surface area contributed by atoms with E-state index in [4.69, 9.17) is 0 Å². The van der Waals surface area contributed by atoms with Gasteiger partial charge in [-0.05, 0) is 0 Å². The molecular weight excluding hydrogens is 472 g/mol. The Kier molecular flexibility index (Phi) is 8.58. The molecular formula is C27H36Si2Zr. The van der Waals surface area contributed by atoms with Gasteiger partial charge >= 0.3 is 28.4 Å². The van der Waals surface area contributed by atoms with Crippen molar-refractivity contribution in [2.75, 3.05) is 0 Å². The van der Waals surface area contributed by atoms with E-state index in [1.165, 1.54) is 57.6 Å². The van der Waals surface area contributed by atoms with Gasteiger partial charge in [-0.15, -0.1) is 23.3 Å². The van der Waals surface area contributed by atoms with Crippen molar-refractivity contribution in [3.8, 4) is 0 Å². The van der Waals surface area contributed by atoms with Gasteiger partial charge in [0.15, 0.2) is 0 Å². The fourth-order valence-electron chi connectivity index (χ4n) is 4.29. The van der Waals surface area contributed by atoms with E-state index >= 15 is 0 Å². The van der Waals surface area contributed by atoms with Gasteiger partial charge in [0.2, 0.25) is 0 Å². The first-order valence-electron chi connectivity index (χ1n) is 10.7. The van der Waals surface area contributed by atoms with Crippen LogP contribution >= 0.6 is 0 Å². The van der Waals surface area contributed by atoms with Crippen LogP contribution in [-0.2, 0) is 24.2 Å². The Morgan fingerprint density at radius 3 is 1.23 bits per heavy atom. The van der Waals surface area contributed by atoms with Crippen LogP contribution in [0.2, 0.25) is 39.3 Å². The molecule has 0 aliphatic heterocycles. The van der Waals surface area contributed by atoms with Crippen LogP contribution in [0.15, 0.2) is 48.5 Å². The van der Waals surface area contributed by atoms with Crippen LogP contribution in [-0.4, -0.2) is 20.4 Å². The molecule has 0 N–H and O–H groups in total. The fraction of sp³-hybridized carbons (Fsp3) is 0.370. The molecule has 0 bridgehead atoms. The minimum atomic E-state index is -1.15. The second kappa shape index (κ2) is 10.2. The van der Waals surface area contributed by atoms with E-state index in [1.807, 2.05) is 0 Å². The van der Waals surface area contributed by atoms with Gasteiger partial charge in [0.25, 0.3) is 0 Å². The quantitative estimate of drug-likeness (QED) is 0.288. The second-order valence-corrected chi connectivity index (χ2v) is 20.9. The molecule has 0 fully saturated rings. The zero-order valence-corrected chi connectivity index (χ0v) is 24.4. The number of hydrogen-bond donors (Lipinski definition) is 0. The van der Waals surface area contributed by atoms with E-state index in [0.717, 1.165) is 0 Å². The van der Waals surface area contributed by atoms with Gasteiger partial charge in [0, 0.05) is 16.1 Å². The molecule has 2 aromatic rings. The number of rotatable bonds is 2. The van der Waals surface area contributed by atoms with Crippen molar-refractivity contribution >= 4 is 31.5 Å². The number of allylic oxidation sites excluding steroid dienone is 4. The van der Waals surface area contributed by atoms with Crippen LogP contribution in [0.25, 0.3) is 11.1 Å². The van der Waals surface area contributed by atoms with Crippen molar-refractivity contribution in [2.45, 2.75) is 64.2 Å². The summed E-state index contributed by atoms with van der Waals surface area (Å²) < 4.78 is 3.34. The first-order valence-corrected chi connectivity index (χ1v) is 19.6. The van der Waals surface area contributed by atoms with Gasteiger partial charge in [-0.3, -0.25) is 12.2 Å². The SMILES string of the molecule is CC1=[C-]C([Si](C)(C)C)c2ccccc21.CC1=[C-]C([Si](C)(C)C)c2ccccc21.[CH2]=[Zr+2]. The Balaban J connectivity index is 0.000000197. The Bertz CT molecular complexity index is 864. The molecule has 2 aliphatic carbocycles. The van der Waals surface area contributed by atoms with Crippen LogP contribution in [0.5, 0.6) is 0 Å². The summed E-state index contributed by atoms with van der Waals surface area (Å²) in [5, 5.41) is 0. The summed E-state index contributed by atoms with van der Waals surface area (Å²) in [5.74, 6) is 0. The average Bonchev–Trinajstić information content (AvgIpc) is 3.22. The zero-order valence-electron chi connectivity index (χ0n) is 20.0. The van der Waals surface area contributed by atoms with E-state index in [2.05, 4.69) is 118 Å². The fourth-order valence-corrected chi connectivity index (χ4v) is 7.96. The van der Waals surface area contributed by atoms with Crippen molar-refractivity contribution in [1.29, 1.82) is 0 Å². The molecule has 2 aromatic carbocycles. The van der Waals surface area contributed by atoms with E-state index in [-0.39, 0.29) is 0 Å². The summed E-state index contributed by atoms with van der Waals surface area (Å²) in [6, 6.07) is 17.5. The molecule has 0 spiro atoms. The third kappa shape index (κ3) is 5.67. The molecule has 0 radical (unpaired) electrons. The molecule has 0 amide bonds. The van der Waals surface area contributed by atoms with Crippen LogP contribution in [0.1, 0.15) is 47.2 Å². The van der Waals surface area contributed by atoms with Crippen molar-refractivity contribution in [3.63, 3.8) is 0 Å². The maximum absolute atomic E-state index is 3.64. The molecule has 0 saturated carbocycles. The standard InChI is InChI=1S/2C13H17Si.CH2.Zr/c2*1-10-9-13(14(2,3)4)12-8-6-5-7-11(10)12;;/h2*5-8,13H,1-4H3;1H2;/q2*-1;;+2. The van der Waals surface area contributed by atoms with E-state index in [9.17, 15) is 0 Å². The van der Waals surface area contributed by atoms with Crippen LogP contribution in [0.4, 0.5) is 0 Å². The molecule has 0 aromatic heterocycles. The van der Waals surface area contributed by atoms with Crippen molar-refractivity contribution < 1.29 is 24.2 Å². The Morgan fingerprint density at radius 2 is 0.933 bits per heavy atom. The van der Waals surface area contributed by atoms with Crippen molar-refractivity contribution in [2.24, 2.45) is 0 Å². The zero-order chi connectivity index (χ0) is 22.7. The average molecular weight is 508 g/mol. The molecule has 0 nitrogen and oxygen atoms in total. The third-order valence-electron chi connectivity index (χ3n) is 5.81. The predicted octanol–water partition coefficient (Wildman–Crippen LogP) is 7.70. The molecule has 0 saturated heterocycles. The van der Waals surface area contributed by atoms with Gasteiger partial charge < -0.3 is 0 Å². The molecule has 2 unspecified atom stereocenters. The van der Waals surface area contributed by atoms with Crippen LogP contribution < -0.4 is 0 Å². The molecule has 156 valence electrons. The van der Waals surface area contributed by atoms with Crippen LogP contribution in [0, 0.1) is 12.2 Å². The number of hydrogen-bond acceptors (Lipinski definition) is 0. The molecule has 3 heteroatoms. The summed E-state index contributed by atoms with van der Waals surface area (Å²) in [7, 11) is -2.30. The van der Waals surface area contributed by atoms with Gasteiger partial charge in [-0.2, -0.15) is 11.1 Å². The van der Waals surface area contributed by atoms with E-state index < -0.39 is 16.1 Å². The topological polar surface area (TPSA) is 0 Å². The second-order valence-electron chi connectivity index (χ2n) is 10.3. The van der Waals surface area contributed by atoms with E-state index in [1.54, 1.807) is 0 Å². The normalized spacial score (nSPS) is 19.4. The summed E-state index contributed by atoms with van der Waals surface area (Å²) >= 11 is 1.30. The molecule has 30 heavy (non-hydrogen) atoms. The predicted molar refractivity (Wildman–Crippen MR) is 137 cm³/mol. The summed E-state index contributed by atoms with van der Waals surface area (Å²) in [5.41, 5.74) is 9.71. The van der Waals surface area contributed by atoms with Gasteiger partial charge in [-0.1, -0.05) is 101 Å². The Hall–Kier alpha value is -0.893. The monoisotopic (exact) mass is 506 g/mol. The Labute approximate surface area is 201 Å². The number of benzene rings is 2. The van der Waals surface area contributed by atoms with Gasteiger partial charge in [0.1, 0.15) is 0 Å². The van der Waals surface area contributed by atoms with Crippen molar-refractivity contribution in [3.05, 3.63) is 82.9 Å². The molecule has 2 aliphatic rings. The molecule has 0 heterocycles. The summed E-state index contributed by atoms with van der Waals surface area (Å²) in [4.78, 5) is 0. The van der Waals surface area contributed by atoms with Gasteiger partial charge in [0.05, 0.1) is 0 Å². The van der Waals surface area contributed by atoms with Crippen molar-refractivity contribution in [1.82, 2.24) is 0 Å². The van der Waals surface area contributed by atoms with Crippen LogP contribution in [0.3, 0.4) is 0 Å².